The largest absolute Gasteiger partial charge is 0.394 e. The van der Waals surface area contributed by atoms with E-state index in [1.165, 1.54) is 5.57 Å². The molecule has 0 heterocycles. The first-order valence-electron chi connectivity index (χ1n) is 3.61. The van der Waals surface area contributed by atoms with Gasteiger partial charge < -0.3 is 10.2 Å². The summed E-state index contributed by atoms with van der Waals surface area (Å²) in [5, 5.41) is 17.4. The molecule has 2 heteroatoms. The van der Waals surface area contributed by atoms with Crippen molar-refractivity contribution in [3.05, 3.63) is 11.6 Å². The summed E-state index contributed by atoms with van der Waals surface area (Å²) >= 11 is 0. The summed E-state index contributed by atoms with van der Waals surface area (Å²) in [7, 11) is 0. The number of hydrogen-bond donors (Lipinski definition) is 2. The smallest absolute Gasteiger partial charge is 0.0774 e. The molecule has 0 radical (unpaired) electrons. The van der Waals surface area contributed by atoms with E-state index in [9.17, 15) is 0 Å². The number of aliphatic hydroxyl groups excluding tert-OH is 2. The van der Waals surface area contributed by atoms with Gasteiger partial charge in [-0.1, -0.05) is 11.6 Å². The van der Waals surface area contributed by atoms with E-state index in [-0.39, 0.29) is 6.61 Å². The molecule has 2 nitrogen and oxygen atoms in total. The van der Waals surface area contributed by atoms with Crippen molar-refractivity contribution in [2.45, 2.75) is 32.8 Å². The zero-order chi connectivity index (χ0) is 7.98. The van der Waals surface area contributed by atoms with E-state index in [1.54, 1.807) is 0 Å². The van der Waals surface area contributed by atoms with Gasteiger partial charge in [-0.05, 0) is 26.7 Å². The lowest BCUT2D eigenvalue weighted by Crippen LogP contribution is -2.11. The minimum absolute atomic E-state index is 0.128. The minimum Gasteiger partial charge on any atom is -0.394 e. The van der Waals surface area contributed by atoms with Crippen molar-refractivity contribution in [1.29, 1.82) is 0 Å². The lowest BCUT2D eigenvalue weighted by molar-refractivity contribution is 0.0885. The summed E-state index contributed by atoms with van der Waals surface area (Å²) in [5.74, 6) is 0. The molecule has 0 aliphatic carbocycles. The molecule has 1 unspecified atom stereocenters. The summed E-state index contributed by atoms with van der Waals surface area (Å²) in [6.07, 6.45) is 3.00. The SMILES string of the molecule is C/C=C(/C)CCC(O)CO. The Balaban J connectivity index is 3.35. The third kappa shape index (κ3) is 4.53. The Hall–Kier alpha value is -0.340. The van der Waals surface area contributed by atoms with Crippen molar-refractivity contribution >= 4 is 0 Å². The van der Waals surface area contributed by atoms with Crippen LogP contribution >= 0.6 is 0 Å². The summed E-state index contributed by atoms with van der Waals surface area (Å²) in [6, 6.07) is 0. The first kappa shape index (κ1) is 9.66. The van der Waals surface area contributed by atoms with Crippen LogP contribution in [0.5, 0.6) is 0 Å². The van der Waals surface area contributed by atoms with Crippen LogP contribution in [-0.2, 0) is 0 Å². The van der Waals surface area contributed by atoms with E-state index in [1.807, 2.05) is 19.9 Å². The average Bonchev–Trinajstić information content (AvgIpc) is 1.99. The van der Waals surface area contributed by atoms with Crippen molar-refractivity contribution in [2.24, 2.45) is 0 Å². The van der Waals surface area contributed by atoms with Crippen molar-refractivity contribution in [2.75, 3.05) is 6.61 Å². The maximum Gasteiger partial charge on any atom is 0.0774 e. The lowest BCUT2D eigenvalue weighted by Gasteiger charge is -2.05. The molecule has 0 aromatic heterocycles. The predicted molar refractivity (Wildman–Crippen MR) is 41.8 cm³/mol. The molecule has 0 aliphatic rings. The molecule has 0 rings (SSSR count). The van der Waals surface area contributed by atoms with E-state index in [2.05, 4.69) is 0 Å². The fraction of sp³-hybridized carbons (Fsp3) is 0.750. The summed E-state index contributed by atoms with van der Waals surface area (Å²) in [6.45, 7) is 3.86. The van der Waals surface area contributed by atoms with E-state index in [4.69, 9.17) is 10.2 Å². The Labute approximate surface area is 62.2 Å². The number of rotatable bonds is 4. The predicted octanol–water partition coefficient (Wildman–Crippen LogP) is 1.09. The van der Waals surface area contributed by atoms with Gasteiger partial charge in [0.25, 0.3) is 0 Å². The van der Waals surface area contributed by atoms with Crippen LogP contribution in [0.1, 0.15) is 26.7 Å². The molecular weight excluding hydrogens is 128 g/mol. The Bertz CT molecular complexity index is 108. The second-order valence-electron chi connectivity index (χ2n) is 2.51. The van der Waals surface area contributed by atoms with E-state index >= 15 is 0 Å². The maximum atomic E-state index is 8.93. The van der Waals surface area contributed by atoms with E-state index in [0.717, 1.165) is 6.42 Å². The molecule has 10 heavy (non-hydrogen) atoms. The standard InChI is InChI=1S/C8H16O2/c1-3-7(2)4-5-8(10)6-9/h3,8-10H,4-6H2,1-2H3/b7-3-. The van der Waals surface area contributed by atoms with E-state index in [0.29, 0.717) is 6.42 Å². The molecule has 60 valence electrons. The molecule has 0 spiro atoms. The first-order valence-corrected chi connectivity index (χ1v) is 3.61. The molecular formula is C8H16O2. The molecule has 0 saturated carbocycles. The highest BCUT2D eigenvalue weighted by Crippen LogP contribution is 2.05. The Kier molecular flexibility index (Phi) is 5.26. The lowest BCUT2D eigenvalue weighted by atomic mass is 10.1. The normalized spacial score (nSPS) is 15.4. The topological polar surface area (TPSA) is 40.5 Å². The van der Waals surface area contributed by atoms with Crippen LogP contribution in [0.3, 0.4) is 0 Å². The van der Waals surface area contributed by atoms with Gasteiger partial charge in [-0.15, -0.1) is 0 Å². The third-order valence-corrected chi connectivity index (χ3v) is 1.58. The van der Waals surface area contributed by atoms with Gasteiger partial charge in [0.05, 0.1) is 12.7 Å². The highest BCUT2D eigenvalue weighted by Gasteiger charge is 2.00. The van der Waals surface area contributed by atoms with Gasteiger partial charge in [0.1, 0.15) is 0 Å². The fourth-order valence-electron chi connectivity index (χ4n) is 0.630. The van der Waals surface area contributed by atoms with Crippen LogP contribution in [-0.4, -0.2) is 22.9 Å². The monoisotopic (exact) mass is 144 g/mol. The Morgan fingerprint density at radius 1 is 1.60 bits per heavy atom. The summed E-state index contributed by atoms with van der Waals surface area (Å²) in [5.41, 5.74) is 1.26. The van der Waals surface area contributed by atoms with Gasteiger partial charge in [0.2, 0.25) is 0 Å². The zero-order valence-electron chi connectivity index (χ0n) is 6.67. The van der Waals surface area contributed by atoms with Gasteiger partial charge in [0, 0.05) is 0 Å². The molecule has 1 atom stereocenters. The second-order valence-corrected chi connectivity index (χ2v) is 2.51. The van der Waals surface area contributed by atoms with Crippen molar-refractivity contribution in [3.63, 3.8) is 0 Å². The number of allylic oxidation sites excluding steroid dienone is 2. The molecule has 0 fully saturated rings. The first-order chi connectivity index (χ1) is 4.70. The quantitative estimate of drug-likeness (QED) is 0.580. The highest BCUT2D eigenvalue weighted by atomic mass is 16.3. The van der Waals surface area contributed by atoms with Crippen LogP contribution < -0.4 is 0 Å². The molecule has 0 saturated heterocycles. The maximum absolute atomic E-state index is 8.93. The number of hydrogen-bond acceptors (Lipinski definition) is 2. The summed E-state index contributed by atoms with van der Waals surface area (Å²) < 4.78 is 0. The fourth-order valence-corrected chi connectivity index (χ4v) is 0.630. The van der Waals surface area contributed by atoms with Crippen molar-refractivity contribution in [3.8, 4) is 0 Å². The summed E-state index contributed by atoms with van der Waals surface area (Å²) in [4.78, 5) is 0. The third-order valence-electron chi connectivity index (χ3n) is 1.58. The highest BCUT2D eigenvalue weighted by molar-refractivity contribution is 4.95. The Morgan fingerprint density at radius 3 is 2.60 bits per heavy atom. The van der Waals surface area contributed by atoms with Crippen molar-refractivity contribution in [1.82, 2.24) is 0 Å². The van der Waals surface area contributed by atoms with Crippen LogP contribution in [0.4, 0.5) is 0 Å². The second kappa shape index (κ2) is 5.45. The molecule has 0 aromatic rings. The van der Waals surface area contributed by atoms with Gasteiger partial charge in [-0.2, -0.15) is 0 Å². The van der Waals surface area contributed by atoms with Crippen LogP contribution in [0.25, 0.3) is 0 Å². The zero-order valence-corrected chi connectivity index (χ0v) is 6.67. The van der Waals surface area contributed by atoms with Crippen LogP contribution in [0.15, 0.2) is 11.6 Å². The van der Waals surface area contributed by atoms with Gasteiger partial charge in [-0.25, -0.2) is 0 Å². The van der Waals surface area contributed by atoms with E-state index < -0.39 is 6.10 Å². The molecule has 0 aromatic carbocycles. The molecule has 0 aliphatic heterocycles. The average molecular weight is 144 g/mol. The molecule has 2 N–H and O–H groups in total. The molecule has 0 bridgehead atoms. The van der Waals surface area contributed by atoms with Crippen LogP contribution in [0.2, 0.25) is 0 Å². The van der Waals surface area contributed by atoms with Crippen molar-refractivity contribution < 1.29 is 10.2 Å². The number of aliphatic hydroxyl groups is 2. The van der Waals surface area contributed by atoms with Gasteiger partial charge in [0.15, 0.2) is 0 Å². The van der Waals surface area contributed by atoms with Crippen LogP contribution in [0, 0.1) is 0 Å². The van der Waals surface area contributed by atoms with Gasteiger partial charge >= 0.3 is 0 Å². The Morgan fingerprint density at radius 2 is 2.20 bits per heavy atom. The minimum atomic E-state index is -0.546. The molecule has 0 amide bonds. The van der Waals surface area contributed by atoms with Gasteiger partial charge in [-0.3, -0.25) is 0 Å².